The van der Waals surface area contributed by atoms with Gasteiger partial charge in [0.15, 0.2) is 0 Å². The third-order valence-corrected chi connectivity index (χ3v) is 4.69. The first-order valence-electron chi connectivity index (χ1n) is 7.57. The van der Waals surface area contributed by atoms with Crippen LogP contribution in [-0.4, -0.2) is 0 Å². The van der Waals surface area contributed by atoms with E-state index in [0.29, 0.717) is 17.0 Å². The molecule has 0 spiro atoms. The van der Waals surface area contributed by atoms with Gasteiger partial charge in [0.1, 0.15) is 11.6 Å². The van der Waals surface area contributed by atoms with E-state index in [1.54, 1.807) is 6.92 Å². The van der Waals surface area contributed by atoms with Crippen LogP contribution in [0.5, 0.6) is 0 Å². The highest BCUT2D eigenvalue weighted by Gasteiger charge is 2.41. The van der Waals surface area contributed by atoms with Gasteiger partial charge in [0.05, 0.1) is 0 Å². The van der Waals surface area contributed by atoms with Crippen LogP contribution in [-0.2, 0) is 0 Å². The normalized spacial score (nSPS) is 19.6. The standard InChI is InChI=1S/C17H25F2N/c1-11(2)10-17(6-4-5-7-17)16(20)13-9-14(18)12(3)8-15(13)19/h8-9,11,16H,4-7,10,20H2,1-3H3. The molecular weight excluding hydrogens is 256 g/mol. The molecule has 0 heterocycles. The fraction of sp³-hybridized carbons (Fsp3) is 0.647. The Morgan fingerprint density at radius 2 is 1.75 bits per heavy atom. The lowest BCUT2D eigenvalue weighted by Crippen LogP contribution is -2.34. The summed E-state index contributed by atoms with van der Waals surface area (Å²) in [5.74, 6) is -0.224. The van der Waals surface area contributed by atoms with Crippen LogP contribution < -0.4 is 5.73 Å². The Hall–Kier alpha value is -0.960. The molecule has 0 amide bonds. The molecule has 1 aromatic rings. The molecular formula is C17H25F2N. The van der Waals surface area contributed by atoms with Gasteiger partial charge in [-0.25, -0.2) is 8.78 Å². The maximum Gasteiger partial charge on any atom is 0.128 e. The first kappa shape index (κ1) is 15.4. The van der Waals surface area contributed by atoms with Gasteiger partial charge in [0.2, 0.25) is 0 Å². The van der Waals surface area contributed by atoms with Crippen molar-refractivity contribution in [2.75, 3.05) is 0 Å². The quantitative estimate of drug-likeness (QED) is 0.836. The highest BCUT2D eigenvalue weighted by Crippen LogP contribution is 2.51. The van der Waals surface area contributed by atoms with Crippen LogP contribution in [0.1, 0.15) is 63.1 Å². The van der Waals surface area contributed by atoms with Gasteiger partial charge >= 0.3 is 0 Å². The number of nitrogens with two attached hydrogens (primary N) is 1. The molecule has 1 saturated carbocycles. The highest BCUT2D eigenvalue weighted by atomic mass is 19.1. The number of aryl methyl sites for hydroxylation is 1. The molecule has 1 unspecified atom stereocenters. The number of rotatable bonds is 4. The summed E-state index contributed by atoms with van der Waals surface area (Å²) < 4.78 is 28.0. The zero-order valence-electron chi connectivity index (χ0n) is 12.7. The van der Waals surface area contributed by atoms with Crippen molar-refractivity contribution in [3.05, 3.63) is 34.9 Å². The molecule has 1 nitrogen and oxygen atoms in total. The molecule has 1 aliphatic rings. The number of hydrogen-bond donors (Lipinski definition) is 1. The van der Waals surface area contributed by atoms with Gasteiger partial charge in [0, 0.05) is 11.6 Å². The summed E-state index contributed by atoms with van der Waals surface area (Å²) >= 11 is 0. The van der Waals surface area contributed by atoms with Crippen molar-refractivity contribution in [1.82, 2.24) is 0 Å². The predicted octanol–water partition coefficient (Wildman–Crippen LogP) is 4.88. The van der Waals surface area contributed by atoms with Crippen LogP contribution in [0, 0.1) is 29.9 Å². The summed E-state index contributed by atoms with van der Waals surface area (Å²) in [6, 6.07) is 2.15. The Labute approximate surface area is 120 Å². The fourth-order valence-corrected chi connectivity index (χ4v) is 3.76. The third-order valence-electron chi connectivity index (χ3n) is 4.69. The molecule has 1 atom stereocenters. The Kier molecular flexibility index (Phi) is 4.48. The van der Waals surface area contributed by atoms with Gasteiger partial charge in [-0.05, 0) is 55.2 Å². The van der Waals surface area contributed by atoms with E-state index < -0.39 is 6.04 Å². The highest BCUT2D eigenvalue weighted by molar-refractivity contribution is 5.29. The van der Waals surface area contributed by atoms with E-state index in [2.05, 4.69) is 13.8 Å². The number of halogens is 2. The summed E-state index contributed by atoms with van der Waals surface area (Å²) in [7, 11) is 0. The summed E-state index contributed by atoms with van der Waals surface area (Å²) in [6.07, 6.45) is 5.28. The zero-order chi connectivity index (χ0) is 14.9. The second-order valence-corrected chi connectivity index (χ2v) is 6.77. The minimum absolute atomic E-state index is 0.0727. The Balaban J connectivity index is 2.37. The van der Waals surface area contributed by atoms with E-state index in [4.69, 9.17) is 5.73 Å². The van der Waals surface area contributed by atoms with Crippen molar-refractivity contribution in [1.29, 1.82) is 0 Å². The van der Waals surface area contributed by atoms with Crippen LogP contribution in [0.3, 0.4) is 0 Å². The molecule has 2 rings (SSSR count). The van der Waals surface area contributed by atoms with Crippen LogP contribution in [0.15, 0.2) is 12.1 Å². The van der Waals surface area contributed by atoms with E-state index >= 15 is 0 Å². The second-order valence-electron chi connectivity index (χ2n) is 6.77. The lowest BCUT2D eigenvalue weighted by Gasteiger charge is -2.37. The van der Waals surface area contributed by atoms with Gasteiger partial charge in [-0.3, -0.25) is 0 Å². The molecule has 1 aromatic carbocycles. The van der Waals surface area contributed by atoms with Crippen LogP contribution in [0.4, 0.5) is 8.78 Å². The lowest BCUT2D eigenvalue weighted by molar-refractivity contribution is 0.180. The molecule has 0 bridgehead atoms. The van der Waals surface area contributed by atoms with E-state index in [1.807, 2.05) is 0 Å². The summed E-state index contributed by atoms with van der Waals surface area (Å²) in [5, 5.41) is 0. The van der Waals surface area contributed by atoms with Crippen LogP contribution in [0.2, 0.25) is 0 Å². The summed E-state index contributed by atoms with van der Waals surface area (Å²) in [5.41, 5.74) is 7.00. The van der Waals surface area contributed by atoms with E-state index in [1.165, 1.54) is 12.1 Å². The predicted molar refractivity (Wildman–Crippen MR) is 78.4 cm³/mol. The maximum absolute atomic E-state index is 14.2. The topological polar surface area (TPSA) is 26.0 Å². The van der Waals surface area contributed by atoms with Crippen molar-refractivity contribution in [3.8, 4) is 0 Å². The van der Waals surface area contributed by atoms with E-state index in [9.17, 15) is 8.78 Å². The van der Waals surface area contributed by atoms with Crippen LogP contribution in [0.25, 0.3) is 0 Å². The van der Waals surface area contributed by atoms with E-state index in [0.717, 1.165) is 32.1 Å². The molecule has 0 saturated heterocycles. The SMILES string of the molecule is Cc1cc(F)c(C(N)C2(CC(C)C)CCCC2)cc1F. The van der Waals surface area contributed by atoms with Crippen molar-refractivity contribution >= 4 is 0 Å². The second kappa shape index (κ2) is 5.80. The Morgan fingerprint density at radius 1 is 1.15 bits per heavy atom. The van der Waals surface area contributed by atoms with Gasteiger partial charge < -0.3 is 5.73 Å². The summed E-state index contributed by atoms with van der Waals surface area (Å²) in [6.45, 7) is 5.91. The first-order valence-corrected chi connectivity index (χ1v) is 7.57. The molecule has 0 aliphatic heterocycles. The molecule has 0 radical (unpaired) electrons. The summed E-state index contributed by atoms with van der Waals surface area (Å²) in [4.78, 5) is 0. The molecule has 1 aliphatic carbocycles. The van der Waals surface area contributed by atoms with Crippen molar-refractivity contribution in [2.45, 2.75) is 58.9 Å². The number of hydrogen-bond acceptors (Lipinski definition) is 1. The Bertz CT molecular complexity index is 476. The largest absolute Gasteiger partial charge is 0.323 e. The number of benzene rings is 1. The van der Waals surface area contributed by atoms with Crippen molar-refractivity contribution in [3.63, 3.8) is 0 Å². The van der Waals surface area contributed by atoms with Gasteiger partial charge in [-0.15, -0.1) is 0 Å². The molecule has 112 valence electrons. The van der Waals surface area contributed by atoms with Crippen LogP contribution >= 0.6 is 0 Å². The zero-order valence-corrected chi connectivity index (χ0v) is 12.7. The minimum atomic E-state index is -0.414. The molecule has 20 heavy (non-hydrogen) atoms. The molecule has 3 heteroatoms. The molecule has 2 N–H and O–H groups in total. The van der Waals surface area contributed by atoms with E-state index in [-0.39, 0.29) is 17.0 Å². The first-order chi connectivity index (χ1) is 9.35. The van der Waals surface area contributed by atoms with Gasteiger partial charge in [-0.2, -0.15) is 0 Å². The molecule has 1 fully saturated rings. The Morgan fingerprint density at radius 3 is 2.30 bits per heavy atom. The monoisotopic (exact) mass is 281 g/mol. The maximum atomic E-state index is 14.2. The van der Waals surface area contributed by atoms with Gasteiger partial charge in [-0.1, -0.05) is 26.7 Å². The average molecular weight is 281 g/mol. The fourth-order valence-electron chi connectivity index (χ4n) is 3.76. The lowest BCUT2D eigenvalue weighted by atomic mass is 9.70. The molecule has 0 aromatic heterocycles. The average Bonchev–Trinajstić information content (AvgIpc) is 2.81. The minimum Gasteiger partial charge on any atom is -0.323 e. The third kappa shape index (κ3) is 2.88. The van der Waals surface area contributed by atoms with Crippen molar-refractivity contribution in [2.24, 2.45) is 17.1 Å². The van der Waals surface area contributed by atoms with Gasteiger partial charge in [0.25, 0.3) is 0 Å². The van der Waals surface area contributed by atoms with Crippen molar-refractivity contribution < 1.29 is 8.78 Å². The smallest absolute Gasteiger partial charge is 0.128 e.